The normalized spacial score (nSPS) is 17.8. The predicted molar refractivity (Wildman–Crippen MR) is 122 cm³/mol. The Hall–Kier alpha value is -2.37. The molecular weight excluding hydrogens is 442 g/mol. The number of thiophene rings is 1. The maximum Gasteiger partial charge on any atom is 0.255 e. The van der Waals surface area contributed by atoms with Crippen LogP contribution >= 0.6 is 11.3 Å². The highest BCUT2D eigenvalue weighted by Gasteiger charge is 2.32. The standard InChI is InChI=1S/C20H27N3O6S2/c1-6-12(14-7-11(8-29-14)10(2)3)21-15-16(19(26)18(15)25)22-13-9-30-20(17(13)24)31(27,28)23(4)5/h8-10,12,14,21-22,24H,6-7H2,1-5H3/t12-,14?/m1/s1. The molecule has 1 unspecified atom stereocenters. The van der Waals surface area contributed by atoms with Crippen LogP contribution in [0.1, 0.15) is 33.6 Å². The van der Waals surface area contributed by atoms with E-state index in [0.29, 0.717) is 12.3 Å². The van der Waals surface area contributed by atoms with Crippen molar-refractivity contribution in [2.24, 2.45) is 5.92 Å². The van der Waals surface area contributed by atoms with Crippen molar-refractivity contribution >= 4 is 38.4 Å². The van der Waals surface area contributed by atoms with Crippen LogP contribution in [0.25, 0.3) is 0 Å². The number of nitrogens with zero attached hydrogens (tertiary/aromatic N) is 1. The van der Waals surface area contributed by atoms with E-state index in [0.717, 1.165) is 22.1 Å². The summed E-state index contributed by atoms with van der Waals surface area (Å²) >= 11 is 0.825. The highest BCUT2D eigenvalue weighted by Crippen LogP contribution is 2.40. The maximum absolute atomic E-state index is 12.3. The maximum atomic E-state index is 12.3. The first kappa shape index (κ1) is 23.3. The summed E-state index contributed by atoms with van der Waals surface area (Å²) in [6.45, 7) is 6.13. The molecule has 1 aliphatic rings. The van der Waals surface area contributed by atoms with E-state index in [-0.39, 0.29) is 33.4 Å². The first-order valence-corrected chi connectivity index (χ1v) is 12.2. The van der Waals surface area contributed by atoms with Gasteiger partial charge < -0.3 is 20.5 Å². The van der Waals surface area contributed by atoms with Crippen molar-refractivity contribution in [1.29, 1.82) is 0 Å². The third kappa shape index (κ3) is 4.21. The third-order valence-corrected chi connectivity index (χ3v) is 8.71. The summed E-state index contributed by atoms with van der Waals surface area (Å²) in [5.74, 6) is -0.130. The Kier molecular flexibility index (Phi) is 6.49. The van der Waals surface area contributed by atoms with Crippen LogP contribution in [0.4, 0.5) is 17.1 Å². The molecule has 0 aliphatic carbocycles. The lowest BCUT2D eigenvalue weighted by atomic mass is 9.96. The van der Waals surface area contributed by atoms with Gasteiger partial charge in [-0.25, -0.2) is 12.7 Å². The van der Waals surface area contributed by atoms with Crippen LogP contribution in [0.3, 0.4) is 0 Å². The van der Waals surface area contributed by atoms with Crippen molar-refractivity contribution in [3.63, 3.8) is 0 Å². The van der Waals surface area contributed by atoms with Crippen molar-refractivity contribution in [1.82, 2.24) is 4.31 Å². The van der Waals surface area contributed by atoms with Gasteiger partial charge in [0.05, 0.1) is 18.0 Å². The number of nitrogens with one attached hydrogen (secondary N) is 2. The zero-order chi connectivity index (χ0) is 23.1. The van der Waals surface area contributed by atoms with Gasteiger partial charge in [0.2, 0.25) is 0 Å². The molecule has 1 aromatic carbocycles. The molecule has 0 fully saturated rings. The van der Waals surface area contributed by atoms with Crippen LogP contribution in [0.15, 0.2) is 31.0 Å². The lowest BCUT2D eigenvalue weighted by Crippen LogP contribution is -2.42. The molecule has 9 nitrogen and oxygen atoms in total. The van der Waals surface area contributed by atoms with Crippen LogP contribution in [0.5, 0.6) is 5.75 Å². The van der Waals surface area contributed by atoms with Crippen LogP contribution in [0, 0.1) is 5.92 Å². The molecule has 0 amide bonds. The molecular formula is C20H27N3O6S2. The summed E-state index contributed by atoms with van der Waals surface area (Å²) in [6.07, 6.45) is 3.00. The highest BCUT2D eigenvalue weighted by molar-refractivity contribution is 7.91. The van der Waals surface area contributed by atoms with Gasteiger partial charge in [0.25, 0.3) is 20.9 Å². The monoisotopic (exact) mass is 469 g/mol. The predicted octanol–water partition coefficient (Wildman–Crippen LogP) is 2.56. The van der Waals surface area contributed by atoms with Gasteiger partial charge >= 0.3 is 0 Å². The molecule has 0 spiro atoms. The number of hydrogen-bond acceptors (Lipinski definition) is 9. The first-order chi connectivity index (χ1) is 14.5. The topological polar surface area (TPSA) is 125 Å². The number of aromatic hydroxyl groups is 1. The Balaban J connectivity index is 1.81. The molecule has 0 radical (unpaired) electrons. The summed E-state index contributed by atoms with van der Waals surface area (Å²) in [7, 11) is -1.13. The summed E-state index contributed by atoms with van der Waals surface area (Å²) in [4.78, 5) is 24.4. The van der Waals surface area contributed by atoms with Gasteiger partial charge in [0, 0.05) is 25.9 Å². The Labute approximate surface area is 185 Å². The molecule has 1 aromatic heterocycles. The quantitative estimate of drug-likeness (QED) is 0.479. The number of ether oxygens (including phenoxy) is 1. The van der Waals surface area contributed by atoms with Gasteiger partial charge in [-0.3, -0.25) is 9.59 Å². The van der Waals surface area contributed by atoms with Crippen LogP contribution in [-0.2, 0) is 14.8 Å². The number of sulfonamides is 1. The molecule has 170 valence electrons. The molecule has 2 aromatic rings. The molecule has 0 saturated heterocycles. The SMILES string of the molecule is CC[C@@H](Nc1c(Nc2csc(S(=O)(=O)N(C)C)c2O)c(=O)c1=O)C1CC(C(C)C)=CO1. The second-order valence-electron chi connectivity index (χ2n) is 7.99. The Morgan fingerprint density at radius 2 is 1.90 bits per heavy atom. The van der Waals surface area contributed by atoms with Crippen molar-refractivity contribution in [2.75, 3.05) is 24.7 Å². The third-order valence-electron chi connectivity index (χ3n) is 5.41. The van der Waals surface area contributed by atoms with Gasteiger partial charge in [0.1, 0.15) is 17.5 Å². The number of anilines is 3. The van der Waals surface area contributed by atoms with Gasteiger partial charge in [0.15, 0.2) is 9.96 Å². The largest absolute Gasteiger partial charge is 0.504 e. The van der Waals surface area contributed by atoms with Crippen LogP contribution < -0.4 is 21.5 Å². The van der Waals surface area contributed by atoms with E-state index in [1.807, 2.05) is 6.92 Å². The second-order valence-corrected chi connectivity index (χ2v) is 11.2. The average Bonchev–Trinajstić information content (AvgIpc) is 3.34. The molecule has 11 heteroatoms. The molecule has 3 rings (SSSR count). The van der Waals surface area contributed by atoms with Gasteiger partial charge in [-0.05, 0) is 17.9 Å². The number of rotatable bonds is 9. The van der Waals surface area contributed by atoms with E-state index in [2.05, 4.69) is 24.5 Å². The molecule has 3 N–H and O–H groups in total. The fourth-order valence-electron chi connectivity index (χ4n) is 3.31. The minimum absolute atomic E-state index is 0.000361. The van der Waals surface area contributed by atoms with E-state index in [1.54, 1.807) is 6.26 Å². The summed E-state index contributed by atoms with van der Waals surface area (Å²) < 4.78 is 31.1. The van der Waals surface area contributed by atoms with E-state index in [9.17, 15) is 23.1 Å². The summed E-state index contributed by atoms with van der Waals surface area (Å²) in [6, 6.07) is -0.197. The number of hydrogen-bond donors (Lipinski definition) is 3. The molecule has 0 bridgehead atoms. The zero-order valence-corrected chi connectivity index (χ0v) is 19.7. The Bertz CT molecular complexity index is 1170. The molecule has 2 heterocycles. The van der Waals surface area contributed by atoms with Gasteiger partial charge in [-0.15, -0.1) is 11.3 Å². The van der Waals surface area contributed by atoms with E-state index >= 15 is 0 Å². The first-order valence-electron chi connectivity index (χ1n) is 9.93. The minimum atomic E-state index is -3.84. The lowest BCUT2D eigenvalue weighted by Gasteiger charge is -2.26. The van der Waals surface area contributed by atoms with Gasteiger partial charge in [-0.1, -0.05) is 20.8 Å². The van der Waals surface area contributed by atoms with Crippen LogP contribution in [0.2, 0.25) is 0 Å². The highest BCUT2D eigenvalue weighted by atomic mass is 32.2. The average molecular weight is 470 g/mol. The fourth-order valence-corrected chi connectivity index (χ4v) is 5.69. The smallest absolute Gasteiger partial charge is 0.255 e. The zero-order valence-electron chi connectivity index (χ0n) is 18.1. The van der Waals surface area contributed by atoms with E-state index < -0.39 is 26.6 Å². The summed E-state index contributed by atoms with van der Waals surface area (Å²) in [5, 5.41) is 17.6. The lowest BCUT2D eigenvalue weighted by molar-refractivity contribution is 0.147. The summed E-state index contributed by atoms with van der Waals surface area (Å²) in [5.41, 5.74) is -0.0393. The van der Waals surface area contributed by atoms with Crippen molar-refractivity contribution in [2.45, 2.75) is 50.0 Å². The molecule has 0 saturated carbocycles. The van der Waals surface area contributed by atoms with Gasteiger partial charge in [-0.2, -0.15) is 0 Å². The fraction of sp³-hybridized carbons (Fsp3) is 0.500. The van der Waals surface area contributed by atoms with Crippen molar-refractivity contribution < 1.29 is 18.3 Å². The second kappa shape index (κ2) is 8.64. The molecule has 2 atom stereocenters. The van der Waals surface area contributed by atoms with Crippen molar-refractivity contribution in [3.05, 3.63) is 37.7 Å². The molecule has 31 heavy (non-hydrogen) atoms. The Morgan fingerprint density at radius 3 is 2.45 bits per heavy atom. The van der Waals surface area contributed by atoms with Crippen LogP contribution in [-0.4, -0.2) is 44.1 Å². The molecule has 1 aliphatic heterocycles. The van der Waals surface area contributed by atoms with Crippen molar-refractivity contribution in [3.8, 4) is 5.75 Å². The van der Waals surface area contributed by atoms with E-state index in [4.69, 9.17) is 4.74 Å². The minimum Gasteiger partial charge on any atom is -0.504 e. The van der Waals surface area contributed by atoms with E-state index in [1.165, 1.54) is 25.0 Å². The Morgan fingerprint density at radius 1 is 1.26 bits per heavy atom.